The predicted molar refractivity (Wildman–Crippen MR) is 88.2 cm³/mol. The number of hydrogen-bond acceptors (Lipinski definition) is 6. The molecule has 1 saturated heterocycles. The average molecular weight is 332 g/mol. The van der Waals surface area contributed by atoms with Gasteiger partial charge in [0.1, 0.15) is 0 Å². The van der Waals surface area contributed by atoms with E-state index in [0.717, 1.165) is 0 Å². The Morgan fingerprint density at radius 3 is 2.96 bits per heavy atom. The minimum Gasteiger partial charge on any atom is -0.504 e. The molecule has 1 atom stereocenters. The summed E-state index contributed by atoms with van der Waals surface area (Å²) in [4.78, 5) is 23.2. The summed E-state index contributed by atoms with van der Waals surface area (Å²) in [6.07, 6.45) is 1.95. The van der Waals surface area contributed by atoms with Crippen molar-refractivity contribution in [3.05, 3.63) is 36.0 Å². The predicted octanol–water partition coefficient (Wildman–Crippen LogP) is 0.786. The summed E-state index contributed by atoms with van der Waals surface area (Å²) in [6.45, 7) is 5.95. The van der Waals surface area contributed by atoms with E-state index in [1.807, 2.05) is 6.92 Å². The lowest BCUT2D eigenvalue weighted by Crippen LogP contribution is -2.26. The first-order chi connectivity index (χ1) is 11.5. The number of nitrogens with zero attached hydrogens (tertiary/aromatic N) is 1. The van der Waals surface area contributed by atoms with E-state index in [0.29, 0.717) is 30.0 Å². The first-order valence-corrected chi connectivity index (χ1v) is 7.53. The molecule has 8 nitrogen and oxygen atoms in total. The molecule has 1 fully saturated rings. The van der Waals surface area contributed by atoms with E-state index in [2.05, 4.69) is 28.0 Å². The first-order valence-electron chi connectivity index (χ1n) is 7.53. The molecule has 2 amide bonds. The summed E-state index contributed by atoms with van der Waals surface area (Å²) in [7, 11) is 0. The average Bonchev–Trinajstić information content (AvgIpc) is 2.87. The molecule has 0 aliphatic carbocycles. The number of benzene rings is 1. The number of ether oxygens (including phenoxy) is 1. The topological polar surface area (TPSA) is 112 Å². The lowest BCUT2D eigenvalue weighted by atomic mass is 10.0. The van der Waals surface area contributed by atoms with E-state index in [-0.39, 0.29) is 24.0 Å². The van der Waals surface area contributed by atoms with Crippen molar-refractivity contribution >= 4 is 18.0 Å². The number of phenolic OH excluding ortho intramolecular Hbond substituents is 1. The minimum absolute atomic E-state index is 0.0433. The fourth-order valence-corrected chi connectivity index (χ4v) is 2.17. The third-order valence-electron chi connectivity index (χ3n) is 3.43. The lowest BCUT2D eigenvalue weighted by Gasteiger charge is -2.06. The number of amides is 2. The zero-order valence-electron chi connectivity index (χ0n) is 13.3. The van der Waals surface area contributed by atoms with Crippen molar-refractivity contribution in [2.24, 2.45) is 11.0 Å². The Bertz CT molecular complexity index is 656. The maximum atomic E-state index is 11.8. The fraction of sp³-hybridized carbons (Fsp3) is 0.312. The van der Waals surface area contributed by atoms with Gasteiger partial charge in [0.05, 0.1) is 18.7 Å². The van der Waals surface area contributed by atoms with E-state index < -0.39 is 5.92 Å². The smallest absolute Gasteiger partial charge is 0.247 e. The van der Waals surface area contributed by atoms with Crippen molar-refractivity contribution in [2.45, 2.75) is 19.8 Å². The van der Waals surface area contributed by atoms with Gasteiger partial charge in [-0.3, -0.25) is 15.0 Å². The van der Waals surface area contributed by atoms with Crippen LogP contribution in [0.25, 0.3) is 0 Å². The van der Waals surface area contributed by atoms with Gasteiger partial charge in [-0.2, -0.15) is 5.10 Å². The van der Waals surface area contributed by atoms with Gasteiger partial charge in [0.25, 0.3) is 0 Å². The number of rotatable bonds is 7. The van der Waals surface area contributed by atoms with Crippen LogP contribution in [0.1, 0.15) is 25.3 Å². The second-order valence-corrected chi connectivity index (χ2v) is 5.18. The normalized spacial score (nSPS) is 16.8. The zero-order valence-corrected chi connectivity index (χ0v) is 13.3. The molecule has 128 valence electrons. The molecule has 2 rings (SSSR count). The van der Waals surface area contributed by atoms with E-state index in [1.54, 1.807) is 12.1 Å². The van der Waals surface area contributed by atoms with Crippen molar-refractivity contribution in [1.82, 2.24) is 16.3 Å². The molecule has 0 aromatic heterocycles. The lowest BCUT2D eigenvalue weighted by molar-refractivity contribution is -0.123. The largest absolute Gasteiger partial charge is 0.504 e. The van der Waals surface area contributed by atoms with Crippen LogP contribution in [0, 0.1) is 5.92 Å². The summed E-state index contributed by atoms with van der Waals surface area (Å²) >= 11 is 0. The van der Waals surface area contributed by atoms with Gasteiger partial charge in [-0.15, -0.1) is 0 Å². The first kappa shape index (κ1) is 17.3. The number of phenols is 1. The molecule has 1 aliphatic rings. The van der Waals surface area contributed by atoms with Crippen LogP contribution in [-0.2, 0) is 9.59 Å². The third-order valence-corrected chi connectivity index (χ3v) is 3.43. The Kier molecular flexibility index (Phi) is 5.78. The van der Waals surface area contributed by atoms with Crippen LogP contribution in [-0.4, -0.2) is 29.7 Å². The van der Waals surface area contributed by atoms with Crippen LogP contribution in [0.5, 0.6) is 11.5 Å². The monoisotopic (exact) mass is 332 g/mol. The summed E-state index contributed by atoms with van der Waals surface area (Å²) < 4.78 is 5.27. The summed E-state index contributed by atoms with van der Waals surface area (Å²) in [5, 5.41) is 13.5. The Labute approximate surface area is 139 Å². The van der Waals surface area contributed by atoms with Gasteiger partial charge in [-0.05, 0) is 37.1 Å². The van der Waals surface area contributed by atoms with Crippen molar-refractivity contribution in [3.63, 3.8) is 0 Å². The number of aromatic hydroxyl groups is 1. The number of carbonyl (C=O) groups excluding carboxylic acids is 2. The van der Waals surface area contributed by atoms with Gasteiger partial charge in [-0.1, -0.05) is 6.58 Å². The maximum Gasteiger partial charge on any atom is 0.247 e. The van der Waals surface area contributed by atoms with Crippen molar-refractivity contribution in [1.29, 1.82) is 0 Å². The molecule has 1 aromatic rings. The van der Waals surface area contributed by atoms with Crippen LogP contribution in [0.2, 0.25) is 0 Å². The van der Waals surface area contributed by atoms with Gasteiger partial charge in [0, 0.05) is 12.1 Å². The second-order valence-electron chi connectivity index (χ2n) is 5.18. The van der Waals surface area contributed by atoms with Crippen molar-refractivity contribution in [2.75, 3.05) is 6.61 Å². The summed E-state index contributed by atoms with van der Waals surface area (Å²) in [5.41, 5.74) is 8.71. The summed E-state index contributed by atoms with van der Waals surface area (Å²) in [5.74, 6) is -0.510. The van der Waals surface area contributed by atoms with Gasteiger partial charge in [0.2, 0.25) is 11.8 Å². The Morgan fingerprint density at radius 2 is 2.29 bits per heavy atom. The van der Waals surface area contributed by atoms with Crippen LogP contribution in [0.4, 0.5) is 0 Å². The van der Waals surface area contributed by atoms with Crippen molar-refractivity contribution < 1.29 is 19.4 Å². The van der Waals surface area contributed by atoms with Gasteiger partial charge in [-0.25, -0.2) is 5.43 Å². The Morgan fingerprint density at radius 1 is 1.50 bits per heavy atom. The molecular weight excluding hydrogens is 312 g/mol. The van der Waals surface area contributed by atoms with E-state index in [4.69, 9.17) is 4.74 Å². The molecule has 0 saturated carbocycles. The Balaban J connectivity index is 1.83. The van der Waals surface area contributed by atoms with Crippen LogP contribution >= 0.6 is 0 Å². The fourth-order valence-electron chi connectivity index (χ4n) is 2.17. The number of hydrazine groups is 1. The highest BCUT2D eigenvalue weighted by Gasteiger charge is 2.27. The maximum absolute atomic E-state index is 11.8. The molecule has 0 bridgehead atoms. The van der Waals surface area contributed by atoms with Gasteiger partial charge >= 0.3 is 0 Å². The SMILES string of the molecule is C=C1NNC(=O)[C@H]1CCC(=O)N/N=C/c1ccc(O)c(OCC)c1. The third kappa shape index (κ3) is 4.48. The second kappa shape index (κ2) is 8.00. The molecule has 24 heavy (non-hydrogen) atoms. The molecule has 1 aliphatic heterocycles. The molecule has 0 unspecified atom stereocenters. The molecular formula is C16H20N4O4. The van der Waals surface area contributed by atoms with Crippen LogP contribution < -0.4 is 21.0 Å². The number of hydrazone groups is 1. The number of nitrogens with one attached hydrogen (secondary N) is 3. The summed E-state index contributed by atoms with van der Waals surface area (Å²) in [6, 6.07) is 4.75. The van der Waals surface area contributed by atoms with E-state index in [1.165, 1.54) is 12.3 Å². The van der Waals surface area contributed by atoms with Crippen LogP contribution in [0.15, 0.2) is 35.6 Å². The van der Waals surface area contributed by atoms with Gasteiger partial charge < -0.3 is 15.3 Å². The van der Waals surface area contributed by atoms with Crippen LogP contribution in [0.3, 0.4) is 0 Å². The molecule has 0 spiro atoms. The number of carbonyl (C=O) groups is 2. The highest BCUT2D eigenvalue weighted by atomic mass is 16.5. The van der Waals surface area contributed by atoms with Crippen molar-refractivity contribution in [3.8, 4) is 11.5 Å². The molecule has 1 heterocycles. The standard InChI is InChI=1S/C16H20N4O4/c1-3-24-14-8-11(4-6-13(14)21)9-17-19-15(22)7-5-12-10(2)18-20-16(12)23/h4,6,8-9,12,18,21H,2-3,5,7H2,1H3,(H,19,22)(H,20,23)/b17-9+/t12-/m0/s1. The molecule has 1 aromatic carbocycles. The molecule has 4 N–H and O–H groups in total. The highest BCUT2D eigenvalue weighted by molar-refractivity contribution is 5.85. The minimum atomic E-state index is -0.412. The highest BCUT2D eigenvalue weighted by Crippen LogP contribution is 2.26. The molecule has 0 radical (unpaired) electrons. The van der Waals surface area contributed by atoms with E-state index >= 15 is 0 Å². The number of hydrogen-bond donors (Lipinski definition) is 4. The quantitative estimate of drug-likeness (QED) is 0.435. The Hall–Kier alpha value is -3.03. The zero-order chi connectivity index (χ0) is 17.5. The van der Waals surface area contributed by atoms with E-state index in [9.17, 15) is 14.7 Å². The molecule has 8 heteroatoms. The van der Waals surface area contributed by atoms with Gasteiger partial charge in [0.15, 0.2) is 11.5 Å².